The van der Waals surface area contributed by atoms with Crippen LogP contribution in [0.25, 0.3) is 0 Å². The van der Waals surface area contributed by atoms with Gasteiger partial charge in [0.1, 0.15) is 0 Å². The average molecular weight is 283 g/mol. The minimum absolute atomic E-state index is 0.188. The predicted octanol–water partition coefficient (Wildman–Crippen LogP) is 6.45. The zero-order valence-electron chi connectivity index (χ0n) is 14.0. The lowest BCUT2D eigenvalue weighted by molar-refractivity contribution is 0.607. The molecule has 0 aliphatic heterocycles. The molecule has 1 aromatic carbocycles. The first-order chi connectivity index (χ1) is 10.3. The van der Waals surface area contributed by atoms with Gasteiger partial charge in [0.2, 0.25) is 0 Å². The summed E-state index contributed by atoms with van der Waals surface area (Å²) in [6, 6.07) is 8.90. The van der Waals surface area contributed by atoms with Gasteiger partial charge in [0, 0.05) is 5.92 Å². The molecule has 0 aliphatic carbocycles. The summed E-state index contributed by atoms with van der Waals surface area (Å²) in [4.78, 5) is 0. The second-order valence-electron chi connectivity index (χ2n) is 6.10. The first-order valence-corrected chi connectivity index (χ1v) is 8.82. The van der Waals surface area contributed by atoms with E-state index in [1.54, 1.807) is 0 Å². The summed E-state index contributed by atoms with van der Waals surface area (Å²) in [5.74, 6) is 2.88. The first kappa shape index (κ1) is 17.8. The molecule has 0 saturated heterocycles. The second-order valence-corrected chi connectivity index (χ2v) is 6.10. The highest BCUT2D eigenvalue weighted by atomic mass is 14.1. The van der Waals surface area contributed by atoms with Gasteiger partial charge in [0.25, 0.3) is 0 Å². The van der Waals surface area contributed by atoms with E-state index < -0.39 is 0 Å². The van der Waals surface area contributed by atoms with Crippen LogP contribution in [0.1, 0.15) is 88.7 Å². The van der Waals surface area contributed by atoms with Crippen molar-refractivity contribution < 1.29 is 0 Å². The average Bonchev–Trinajstić information content (AvgIpc) is 2.53. The molecule has 0 aliphatic rings. The maximum Gasteiger partial charge on any atom is 0.0462 e. The number of aryl methyl sites for hydroxylation is 1. The van der Waals surface area contributed by atoms with Gasteiger partial charge in [0.05, 0.1) is 0 Å². The summed E-state index contributed by atoms with van der Waals surface area (Å²) in [5.41, 5.74) is 2.69. The Hall–Kier alpha value is -1.22. The van der Waals surface area contributed by atoms with Crippen molar-refractivity contribution >= 4 is 0 Å². The van der Waals surface area contributed by atoms with Crippen LogP contribution in [0.3, 0.4) is 0 Å². The van der Waals surface area contributed by atoms with E-state index in [9.17, 15) is 0 Å². The monoisotopic (exact) mass is 283 g/mol. The zero-order valence-corrected chi connectivity index (χ0v) is 14.0. The van der Waals surface area contributed by atoms with Gasteiger partial charge >= 0.3 is 0 Å². The smallest absolute Gasteiger partial charge is 0.0462 e. The van der Waals surface area contributed by atoms with Gasteiger partial charge in [-0.1, -0.05) is 89.0 Å². The standard InChI is InChI=1S/C21H31/c1-4-7-9-10-11-12-13-19-15-17-21(18-16-19)20(6-3)14-8-5-2/h15-18,20H,4-5,7-14H2,1-2H3. The van der Waals surface area contributed by atoms with Crippen molar-refractivity contribution in [3.05, 3.63) is 41.8 Å². The molecule has 1 radical (unpaired) electrons. The molecule has 0 aromatic heterocycles. The van der Waals surface area contributed by atoms with E-state index in [0.29, 0.717) is 0 Å². The maximum absolute atomic E-state index is 7.47. The van der Waals surface area contributed by atoms with Crippen molar-refractivity contribution in [2.75, 3.05) is 0 Å². The van der Waals surface area contributed by atoms with Crippen LogP contribution >= 0.6 is 0 Å². The van der Waals surface area contributed by atoms with Crippen molar-refractivity contribution in [3.63, 3.8) is 0 Å². The van der Waals surface area contributed by atoms with E-state index in [1.807, 2.05) is 0 Å². The summed E-state index contributed by atoms with van der Waals surface area (Å²) in [6.45, 7) is 4.46. The number of benzene rings is 1. The zero-order chi connectivity index (χ0) is 15.3. The summed E-state index contributed by atoms with van der Waals surface area (Å²) < 4.78 is 0. The molecule has 0 saturated carbocycles. The molecule has 1 unspecified atom stereocenters. The molecular weight excluding hydrogens is 252 g/mol. The fourth-order valence-corrected chi connectivity index (χ4v) is 2.76. The van der Waals surface area contributed by atoms with E-state index in [0.717, 1.165) is 6.42 Å². The molecule has 21 heavy (non-hydrogen) atoms. The van der Waals surface area contributed by atoms with Crippen LogP contribution in [0, 0.1) is 12.3 Å². The fourth-order valence-electron chi connectivity index (χ4n) is 2.76. The normalized spacial score (nSPS) is 12.0. The molecule has 0 nitrogen and oxygen atoms in total. The Morgan fingerprint density at radius 3 is 2.10 bits per heavy atom. The molecule has 0 N–H and O–H groups in total. The Balaban J connectivity index is 2.34. The molecular formula is C21H31. The fraction of sp³-hybridized carbons (Fsp3) is 0.619. The van der Waals surface area contributed by atoms with Gasteiger partial charge in [-0.3, -0.25) is 0 Å². The van der Waals surface area contributed by atoms with Crippen LogP contribution in [0.5, 0.6) is 0 Å². The number of unbranched alkanes of at least 4 members (excludes halogenated alkanes) is 6. The largest absolute Gasteiger partial charge is 0.0809 e. The van der Waals surface area contributed by atoms with Crippen LogP contribution in [0.15, 0.2) is 24.3 Å². The first-order valence-electron chi connectivity index (χ1n) is 8.82. The number of rotatable bonds is 11. The van der Waals surface area contributed by atoms with Crippen molar-refractivity contribution in [3.8, 4) is 5.92 Å². The van der Waals surface area contributed by atoms with E-state index in [-0.39, 0.29) is 5.92 Å². The third kappa shape index (κ3) is 7.37. The van der Waals surface area contributed by atoms with Gasteiger partial charge in [-0.05, 0) is 36.8 Å². The summed E-state index contributed by atoms with van der Waals surface area (Å²) in [7, 11) is 0. The van der Waals surface area contributed by atoms with E-state index in [4.69, 9.17) is 6.42 Å². The molecule has 0 amide bonds. The van der Waals surface area contributed by atoms with E-state index in [1.165, 1.54) is 68.9 Å². The van der Waals surface area contributed by atoms with E-state index >= 15 is 0 Å². The van der Waals surface area contributed by atoms with Crippen molar-refractivity contribution in [2.45, 2.75) is 84.0 Å². The number of hydrogen-bond donors (Lipinski definition) is 0. The lowest BCUT2D eigenvalue weighted by atomic mass is 9.93. The Bertz CT molecular complexity index is 393. The lowest BCUT2D eigenvalue weighted by Gasteiger charge is -2.11. The predicted molar refractivity (Wildman–Crippen MR) is 92.9 cm³/mol. The van der Waals surface area contributed by atoms with Crippen LogP contribution < -0.4 is 0 Å². The molecule has 1 rings (SSSR count). The van der Waals surface area contributed by atoms with Crippen molar-refractivity contribution in [1.29, 1.82) is 0 Å². The SMILES string of the molecule is [C]#CC(CCCC)c1ccc(CCCCCCCC)cc1. The van der Waals surface area contributed by atoms with Crippen LogP contribution in [0.4, 0.5) is 0 Å². The summed E-state index contributed by atoms with van der Waals surface area (Å²) in [6.07, 6.45) is 20.2. The molecule has 0 fully saturated rings. The van der Waals surface area contributed by atoms with Gasteiger partial charge in [0.15, 0.2) is 0 Å². The van der Waals surface area contributed by atoms with Crippen LogP contribution in [-0.2, 0) is 6.42 Å². The highest BCUT2D eigenvalue weighted by Gasteiger charge is 2.07. The second kappa shape index (κ2) is 11.4. The Morgan fingerprint density at radius 2 is 1.48 bits per heavy atom. The summed E-state index contributed by atoms with van der Waals surface area (Å²) >= 11 is 0. The van der Waals surface area contributed by atoms with E-state index in [2.05, 4.69) is 44.0 Å². The van der Waals surface area contributed by atoms with Gasteiger partial charge in [-0.2, -0.15) is 0 Å². The third-order valence-corrected chi connectivity index (χ3v) is 4.22. The Kier molecular flexibility index (Phi) is 9.71. The quantitative estimate of drug-likeness (QED) is 0.323. The molecule has 0 heterocycles. The molecule has 0 spiro atoms. The van der Waals surface area contributed by atoms with Gasteiger partial charge in [-0.25, -0.2) is 0 Å². The Labute approximate surface area is 132 Å². The molecule has 0 bridgehead atoms. The van der Waals surface area contributed by atoms with Crippen molar-refractivity contribution in [1.82, 2.24) is 0 Å². The Morgan fingerprint density at radius 1 is 0.857 bits per heavy atom. The highest BCUT2D eigenvalue weighted by molar-refractivity contribution is 5.29. The van der Waals surface area contributed by atoms with Gasteiger partial charge < -0.3 is 0 Å². The lowest BCUT2D eigenvalue weighted by Crippen LogP contribution is -1.96. The highest BCUT2D eigenvalue weighted by Crippen LogP contribution is 2.22. The van der Waals surface area contributed by atoms with Crippen LogP contribution in [-0.4, -0.2) is 0 Å². The number of hydrogen-bond acceptors (Lipinski definition) is 0. The van der Waals surface area contributed by atoms with Gasteiger partial charge in [-0.15, -0.1) is 0 Å². The summed E-state index contributed by atoms with van der Waals surface area (Å²) in [5, 5.41) is 0. The molecule has 1 atom stereocenters. The van der Waals surface area contributed by atoms with Crippen molar-refractivity contribution in [2.24, 2.45) is 0 Å². The van der Waals surface area contributed by atoms with Crippen LogP contribution in [0.2, 0.25) is 0 Å². The minimum atomic E-state index is 0.188. The third-order valence-electron chi connectivity index (χ3n) is 4.22. The molecule has 1 aromatic rings. The molecule has 0 heteroatoms. The molecule has 115 valence electrons. The minimum Gasteiger partial charge on any atom is -0.0809 e. The topological polar surface area (TPSA) is 0 Å². The maximum atomic E-state index is 7.47.